The Morgan fingerprint density at radius 3 is 1.82 bits per heavy atom. The van der Waals surface area contributed by atoms with E-state index in [9.17, 15) is 9.59 Å². The van der Waals surface area contributed by atoms with E-state index in [0.29, 0.717) is 12.8 Å². The monoisotopic (exact) mass is 601 g/mol. The van der Waals surface area contributed by atoms with Crippen LogP contribution in [0.1, 0.15) is 81.5 Å². The van der Waals surface area contributed by atoms with Crippen LogP contribution < -0.4 is 4.90 Å². The number of nitrogens with zero attached hydrogens (tertiary/aromatic N) is 1. The van der Waals surface area contributed by atoms with Gasteiger partial charge in [0.15, 0.2) is 5.78 Å². The number of ketones is 1. The summed E-state index contributed by atoms with van der Waals surface area (Å²) in [6.07, 6.45) is 3.23. The summed E-state index contributed by atoms with van der Waals surface area (Å²) in [7, 11) is 0. The Morgan fingerprint density at radius 1 is 0.756 bits per heavy atom. The molecule has 1 fully saturated rings. The maximum atomic E-state index is 14.2. The summed E-state index contributed by atoms with van der Waals surface area (Å²) >= 11 is 0. The summed E-state index contributed by atoms with van der Waals surface area (Å²) < 4.78 is 6.38. The van der Waals surface area contributed by atoms with Crippen LogP contribution in [0.5, 0.6) is 0 Å². The molecule has 4 aromatic rings. The second kappa shape index (κ2) is 14.3. The molecule has 5 rings (SSSR count). The number of aryl methyl sites for hydroxylation is 1. The van der Waals surface area contributed by atoms with Crippen molar-refractivity contribution in [3.63, 3.8) is 0 Å². The lowest BCUT2D eigenvalue weighted by Gasteiger charge is -2.44. The van der Waals surface area contributed by atoms with E-state index in [0.717, 1.165) is 37.2 Å². The van der Waals surface area contributed by atoms with E-state index in [1.54, 1.807) is 0 Å². The summed E-state index contributed by atoms with van der Waals surface area (Å²) in [4.78, 5) is 30.5. The summed E-state index contributed by atoms with van der Waals surface area (Å²) in [5, 5.41) is 0. The quantitative estimate of drug-likeness (QED) is 0.120. The van der Waals surface area contributed by atoms with Gasteiger partial charge in [0.2, 0.25) is 0 Å². The molecule has 1 aliphatic rings. The third kappa shape index (κ3) is 8.11. The van der Waals surface area contributed by atoms with Gasteiger partial charge in [-0.25, -0.2) is 0 Å². The first-order valence-electron chi connectivity index (χ1n) is 16.4. The molecular formula is C41H47NO3. The van der Waals surface area contributed by atoms with Gasteiger partial charge in [-0.1, -0.05) is 137 Å². The molecular weight excluding hydrogens is 554 g/mol. The summed E-state index contributed by atoms with van der Waals surface area (Å²) in [6.45, 7) is 9.95. The van der Waals surface area contributed by atoms with E-state index >= 15 is 0 Å². The Balaban J connectivity index is 1.44. The van der Waals surface area contributed by atoms with Gasteiger partial charge in [-0.3, -0.25) is 9.59 Å². The third-order valence-electron chi connectivity index (χ3n) is 9.13. The second-order valence-electron chi connectivity index (χ2n) is 13.7. The van der Waals surface area contributed by atoms with Crippen LogP contribution in [0.3, 0.4) is 0 Å². The van der Waals surface area contributed by atoms with Crippen LogP contribution in [0.15, 0.2) is 115 Å². The van der Waals surface area contributed by atoms with Crippen molar-refractivity contribution in [2.24, 2.45) is 11.3 Å². The molecule has 3 atom stereocenters. The lowest BCUT2D eigenvalue weighted by Crippen LogP contribution is -2.51. The zero-order valence-corrected chi connectivity index (χ0v) is 27.2. The van der Waals surface area contributed by atoms with Gasteiger partial charge in [0, 0.05) is 31.1 Å². The lowest BCUT2D eigenvalue weighted by molar-refractivity contribution is -0.182. The fraction of sp³-hybridized carbons (Fsp3) is 0.366. The van der Waals surface area contributed by atoms with Crippen molar-refractivity contribution in [3.05, 3.63) is 138 Å². The molecule has 45 heavy (non-hydrogen) atoms. The van der Waals surface area contributed by atoms with E-state index in [1.807, 2.05) is 30.3 Å². The first kappa shape index (κ1) is 32.2. The first-order valence-corrected chi connectivity index (χ1v) is 16.4. The van der Waals surface area contributed by atoms with Crippen molar-refractivity contribution in [2.75, 3.05) is 4.90 Å². The Hall–Kier alpha value is -4.18. The molecule has 1 heterocycles. The van der Waals surface area contributed by atoms with Crippen molar-refractivity contribution in [1.29, 1.82) is 0 Å². The van der Waals surface area contributed by atoms with Crippen molar-refractivity contribution in [2.45, 2.75) is 84.4 Å². The normalized spacial score (nSPS) is 19.2. The minimum absolute atomic E-state index is 0.00326. The average molecular weight is 602 g/mol. The number of Topliss-reactive ketones (excluding diaryl/α,β-unsaturated/α-hetero) is 1. The molecule has 0 amide bonds. The number of anilines is 1. The third-order valence-corrected chi connectivity index (χ3v) is 9.13. The molecule has 0 bridgehead atoms. The van der Waals surface area contributed by atoms with Gasteiger partial charge in [-0.2, -0.15) is 0 Å². The molecule has 0 radical (unpaired) electrons. The van der Waals surface area contributed by atoms with Crippen LogP contribution in [0, 0.1) is 11.3 Å². The number of esters is 1. The van der Waals surface area contributed by atoms with Crippen LogP contribution in [0.2, 0.25) is 0 Å². The molecule has 0 aromatic heterocycles. The Bertz CT molecular complexity index is 1480. The number of cyclic esters (lactones) is 1. The molecule has 1 unspecified atom stereocenters. The summed E-state index contributed by atoms with van der Waals surface area (Å²) in [6, 6.07) is 39.7. The number of benzene rings is 4. The molecule has 234 valence electrons. The molecule has 1 saturated heterocycles. The van der Waals surface area contributed by atoms with Gasteiger partial charge >= 0.3 is 5.97 Å². The SMILES string of the molecule is CCC[C@]1(CCc2ccccc2)CC(=O)C([C@H](c2cccc(N(Cc3ccccc3)Cc3ccccc3)c2)C(C)(C)C)C(=O)O1. The topological polar surface area (TPSA) is 46.6 Å². The largest absolute Gasteiger partial charge is 0.458 e. The zero-order chi connectivity index (χ0) is 31.9. The van der Waals surface area contributed by atoms with E-state index in [-0.39, 0.29) is 29.5 Å². The molecule has 0 saturated carbocycles. The Morgan fingerprint density at radius 2 is 1.31 bits per heavy atom. The first-order chi connectivity index (χ1) is 21.7. The molecule has 1 aliphatic heterocycles. The minimum atomic E-state index is -0.835. The highest BCUT2D eigenvalue weighted by atomic mass is 16.6. The highest BCUT2D eigenvalue weighted by Crippen LogP contribution is 2.47. The second-order valence-corrected chi connectivity index (χ2v) is 13.7. The van der Waals surface area contributed by atoms with E-state index < -0.39 is 11.5 Å². The maximum absolute atomic E-state index is 14.2. The molecule has 4 heteroatoms. The van der Waals surface area contributed by atoms with Crippen LogP contribution >= 0.6 is 0 Å². The number of hydrogen-bond acceptors (Lipinski definition) is 4. The molecule has 0 spiro atoms. The smallest absolute Gasteiger partial charge is 0.317 e. The van der Waals surface area contributed by atoms with Gasteiger partial charge in [0.05, 0.1) is 0 Å². The highest BCUT2D eigenvalue weighted by molar-refractivity contribution is 6.02. The van der Waals surface area contributed by atoms with Crippen LogP contribution in [-0.2, 0) is 33.8 Å². The maximum Gasteiger partial charge on any atom is 0.317 e. The molecule has 0 aliphatic carbocycles. The fourth-order valence-electron chi connectivity index (χ4n) is 7.02. The van der Waals surface area contributed by atoms with Crippen molar-refractivity contribution in [3.8, 4) is 0 Å². The number of rotatable bonds is 12. The molecule has 0 N–H and O–H groups in total. The number of ether oxygens (including phenoxy) is 1. The average Bonchev–Trinajstić information content (AvgIpc) is 3.03. The van der Waals surface area contributed by atoms with E-state index in [2.05, 4.69) is 118 Å². The van der Waals surface area contributed by atoms with Crippen molar-refractivity contribution in [1.82, 2.24) is 0 Å². The van der Waals surface area contributed by atoms with Gasteiger partial charge < -0.3 is 9.64 Å². The summed E-state index contributed by atoms with van der Waals surface area (Å²) in [5.41, 5.74) is 4.60. The molecule has 4 aromatic carbocycles. The van der Waals surface area contributed by atoms with Gasteiger partial charge in [-0.05, 0) is 59.1 Å². The van der Waals surface area contributed by atoms with Gasteiger partial charge in [0.25, 0.3) is 0 Å². The lowest BCUT2D eigenvalue weighted by atomic mass is 9.65. The van der Waals surface area contributed by atoms with E-state index in [4.69, 9.17) is 4.74 Å². The number of carbonyl (C=O) groups excluding carboxylic acids is 2. The predicted octanol–water partition coefficient (Wildman–Crippen LogP) is 9.33. The van der Waals surface area contributed by atoms with Gasteiger partial charge in [-0.15, -0.1) is 0 Å². The standard InChI is InChI=1S/C41H47NO3/c1-5-25-41(26-24-31-16-9-6-10-17-31)28-36(43)37(39(44)45-41)38(40(2,3)4)34-22-15-23-35(27-34)42(29-32-18-11-7-12-19-32)30-33-20-13-8-14-21-33/h6-23,27,37-38H,5,24-26,28-30H2,1-4H3/t37?,38-,41-/m0/s1. The Labute approximate surface area is 269 Å². The number of hydrogen-bond donors (Lipinski definition) is 0. The minimum Gasteiger partial charge on any atom is -0.458 e. The van der Waals surface area contributed by atoms with Crippen molar-refractivity contribution < 1.29 is 14.3 Å². The van der Waals surface area contributed by atoms with Crippen LogP contribution in [0.4, 0.5) is 5.69 Å². The van der Waals surface area contributed by atoms with E-state index in [1.165, 1.54) is 16.7 Å². The van der Waals surface area contributed by atoms with Crippen LogP contribution in [0.25, 0.3) is 0 Å². The Kier molecular flexibility index (Phi) is 10.2. The summed E-state index contributed by atoms with van der Waals surface area (Å²) in [5.74, 6) is -1.52. The van der Waals surface area contributed by atoms with Gasteiger partial charge in [0.1, 0.15) is 11.5 Å². The predicted molar refractivity (Wildman–Crippen MR) is 183 cm³/mol. The molecule has 4 nitrogen and oxygen atoms in total. The highest BCUT2D eigenvalue weighted by Gasteiger charge is 2.51. The van der Waals surface area contributed by atoms with Crippen molar-refractivity contribution >= 4 is 17.4 Å². The number of carbonyl (C=O) groups is 2. The van der Waals surface area contributed by atoms with Crippen LogP contribution in [-0.4, -0.2) is 17.4 Å². The zero-order valence-electron chi connectivity index (χ0n) is 27.2. The fourth-order valence-corrected chi connectivity index (χ4v) is 7.02.